The van der Waals surface area contributed by atoms with E-state index in [1.165, 1.54) is 11.1 Å². The Morgan fingerprint density at radius 2 is 1.96 bits per heavy atom. The van der Waals surface area contributed by atoms with Gasteiger partial charge in [-0.05, 0) is 56.4 Å². The molecule has 0 bridgehead atoms. The molecule has 2 saturated heterocycles. The second-order valence-corrected chi connectivity index (χ2v) is 7.97. The third-order valence-electron chi connectivity index (χ3n) is 5.66. The van der Waals surface area contributed by atoms with Crippen LogP contribution in [0.15, 0.2) is 18.2 Å². The van der Waals surface area contributed by atoms with E-state index < -0.39 is 11.6 Å². The summed E-state index contributed by atoms with van der Waals surface area (Å²) < 4.78 is 6.05. The van der Waals surface area contributed by atoms with E-state index >= 15 is 0 Å². The highest BCUT2D eigenvalue weighted by Gasteiger charge is 2.43. The minimum atomic E-state index is -1.05. The third-order valence-corrected chi connectivity index (χ3v) is 5.66. The molecule has 4 rings (SSSR count). The first-order valence-corrected chi connectivity index (χ1v) is 9.52. The zero-order valence-corrected chi connectivity index (χ0v) is 15.8. The van der Waals surface area contributed by atoms with Gasteiger partial charge < -0.3 is 19.9 Å². The van der Waals surface area contributed by atoms with Gasteiger partial charge in [-0.1, -0.05) is 6.07 Å². The highest BCUT2D eigenvalue weighted by molar-refractivity contribution is 5.96. The molecule has 2 heterocycles. The molecular weight excluding hydrogens is 346 g/mol. The van der Waals surface area contributed by atoms with Crippen LogP contribution in [0.3, 0.4) is 0 Å². The highest BCUT2D eigenvalue weighted by atomic mass is 16.5. The number of fused-ring (bicyclic) bond motifs is 2. The third kappa shape index (κ3) is 3.26. The summed E-state index contributed by atoms with van der Waals surface area (Å²) in [5, 5.41) is 2.59. The van der Waals surface area contributed by atoms with Gasteiger partial charge in [0.25, 0.3) is 5.91 Å². The molecular formula is C20H25N3O4. The van der Waals surface area contributed by atoms with Crippen LogP contribution in [-0.2, 0) is 27.2 Å². The van der Waals surface area contributed by atoms with Gasteiger partial charge in [0.15, 0.2) is 5.60 Å². The zero-order valence-electron chi connectivity index (χ0n) is 15.8. The van der Waals surface area contributed by atoms with Gasteiger partial charge in [0.2, 0.25) is 11.8 Å². The topological polar surface area (TPSA) is 79.0 Å². The molecule has 1 aliphatic carbocycles. The quantitative estimate of drug-likeness (QED) is 0.839. The van der Waals surface area contributed by atoms with Crippen molar-refractivity contribution in [1.29, 1.82) is 0 Å². The predicted molar refractivity (Wildman–Crippen MR) is 98.3 cm³/mol. The van der Waals surface area contributed by atoms with Crippen molar-refractivity contribution in [2.24, 2.45) is 0 Å². The minimum absolute atomic E-state index is 0.0379. The Bertz CT molecular complexity index is 804. The van der Waals surface area contributed by atoms with Gasteiger partial charge in [0.1, 0.15) is 11.8 Å². The van der Waals surface area contributed by atoms with Crippen molar-refractivity contribution in [2.75, 3.05) is 26.2 Å². The number of nitrogens with zero attached hydrogens (tertiary/aromatic N) is 2. The van der Waals surface area contributed by atoms with Crippen molar-refractivity contribution >= 4 is 17.7 Å². The van der Waals surface area contributed by atoms with Crippen molar-refractivity contribution in [3.05, 3.63) is 29.3 Å². The number of rotatable bonds is 3. The van der Waals surface area contributed by atoms with Crippen LogP contribution in [0, 0.1) is 0 Å². The molecule has 1 aromatic carbocycles. The Balaban J connectivity index is 1.46. The van der Waals surface area contributed by atoms with Crippen LogP contribution in [0.5, 0.6) is 5.75 Å². The fourth-order valence-corrected chi connectivity index (χ4v) is 4.20. The van der Waals surface area contributed by atoms with Gasteiger partial charge in [-0.25, -0.2) is 0 Å². The zero-order chi connectivity index (χ0) is 19.2. The molecule has 2 aliphatic heterocycles. The average Bonchev–Trinajstić information content (AvgIpc) is 3.11. The van der Waals surface area contributed by atoms with Crippen molar-refractivity contribution in [3.63, 3.8) is 0 Å². The Labute approximate surface area is 158 Å². The van der Waals surface area contributed by atoms with Crippen LogP contribution in [0.25, 0.3) is 0 Å². The summed E-state index contributed by atoms with van der Waals surface area (Å²) in [6.45, 7) is 4.52. The van der Waals surface area contributed by atoms with E-state index in [4.69, 9.17) is 4.74 Å². The molecule has 1 atom stereocenters. The van der Waals surface area contributed by atoms with E-state index in [0.29, 0.717) is 18.8 Å². The van der Waals surface area contributed by atoms with Gasteiger partial charge in [0, 0.05) is 13.1 Å². The normalized spacial score (nSPS) is 22.2. The SMILES string of the molecule is CC(C)(Oc1ccc2c(c1)CCC2)C(=O)N1CCN2C(=O)CNC(=O)[C@@H]2C1. The molecule has 0 unspecified atom stereocenters. The summed E-state index contributed by atoms with van der Waals surface area (Å²) >= 11 is 0. The molecule has 27 heavy (non-hydrogen) atoms. The first kappa shape index (κ1) is 17.8. The predicted octanol–water partition coefficient (Wildman–Crippen LogP) is 0.502. The van der Waals surface area contributed by atoms with Crippen molar-refractivity contribution in [2.45, 2.75) is 44.8 Å². The summed E-state index contributed by atoms with van der Waals surface area (Å²) in [5.41, 5.74) is 1.60. The molecule has 0 aromatic heterocycles. The van der Waals surface area contributed by atoms with Gasteiger partial charge >= 0.3 is 0 Å². The number of ether oxygens (including phenoxy) is 1. The second-order valence-electron chi connectivity index (χ2n) is 7.97. The number of aryl methyl sites for hydroxylation is 2. The first-order chi connectivity index (χ1) is 12.8. The summed E-state index contributed by atoms with van der Waals surface area (Å²) in [7, 11) is 0. The Hall–Kier alpha value is -2.57. The van der Waals surface area contributed by atoms with E-state index in [1.54, 1.807) is 23.6 Å². The number of amides is 3. The fraction of sp³-hybridized carbons (Fsp3) is 0.550. The van der Waals surface area contributed by atoms with Crippen LogP contribution in [0.4, 0.5) is 0 Å². The molecule has 7 nitrogen and oxygen atoms in total. The molecule has 0 spiro atoms. The fourth-order valence-electron chi connectivity index (χ4n) is 4.20. The van der Waals surface area contributed by atoms with Crippen LogP contribution in [-0.4, -0.2) is 65.3 Å². The van der Waals surface area contributed by atoms with E-state index in [2.05, 4.69) is 11.4 Å². The molecule has 7 heteroatoms. The van der Waals surface area contributed by atoms with E-state index in [1.807, 2.05) is 12.1 Å². The Morgan fingerprint density at radius 1 is 1.19 bits per heavy atom. The molecule has 0 saturated carbocycles. The number of carbonyl (C=O) groups excluding carboxylic acids is 3. The molecule has 1 N–H and O–H groups in total. The molecule has 2 fully saturated rings. The van der Waals surface area contributed by atoms with E-state index in [-0.39, 0.29) is 30.8 Å². The molecule has 3 amide bonds. The van der Waals surface area contributed by atoms with E-state index in [0.717, 1.165) is 19.3 Å². The lowest BCUT2D eigenvalue weighted by molar-refractivity contribution is -0.157. The van der Waals surface area contributed by atoms with Gasteiger partial charge in [-0.15, -0.1) is 0 Å². The summed E-state index contributed by atoms with van der Waals surface area (Å²) in [4.78, 5) is 40.4. The van der Waals surface area contributed by atoms with Crippen LogP contribution < -0.4 is 10.1 Å². The second kappa shape index (κ2) is 6.55. The maximum atomic E-state index is 13.1. The number of nitrogens with one attached hydrogen (secondary N) is 1. The Morgan fingerprint density at radius 3 is 2.78 bits per heavy atom. The highest BCUT2D eigenvalue weighted by Crippen LogP contribution is 2.29. The number of benzene rings is 1. The maximum absolute atomic E-state index is 13.1. The van der Waals surface area contributed by atoms with E-state index in [9.17, 15) is 14.4 Å². The standard InChI is InChI=1S/C20H25N3O4/c1-20(2,27-15-7-6-13-4-3-5-14(13)10-15)19(26)22-8-9-23-16(12-22)18(25)21-11-17(23)24/h6-7,10,16H,3-5,8-9,11-12H2,1-2H3,(H,21,25)/t16-/m0/s1. The van der Waals surface area contributed by atoms with Crippen LogP contribution >= 0.6 is 0 Å². The largest absolute Gasteiger partial charge is 0.478 e. The summed E-state index contributed by atoms with van der Waals surface area (Å²) in [6, 6.07) is 5.42. The smallest absolute Gasteiger partial charge is 0.266 e. The number of hydrogen-bond donors (Lipinski definition) is 1. The number of hydrogen-bond acceptors (Lipinski definition) is 4. The number of carbonyl (C=O) groups is 3. The molecule has 0 radical (unpaired) electrons. The lowest BCUT2D eigenvalue weighted by Crippen LogP contribution is -2.68. The van der Waals surface area contributed by atoms with Gasteiger partial charge in [-0.3, -0.25) is 14.4 Å². The molecule has 3 aliphatic rings. The van der Waals surface area contributed by atoms with Crippen LogP contribution in [0.2, 0.25) is 0 Å². The molecule has 144 valence electrons. The molecule has 1 aromatic rings. The summed E-state index contributed by atoms with van der Waals surface area (Å²) in [6.07, 6.45) is 3.31. The lowest BCUT2D eigenvalue weighted by Gasteiger charge is -2.44. The lowest BCUT2D eigenvalue weighted by atomic mass is 10.0. The van der Waals surface area contributed by atoms with Gasteiger partial charge in [-0.2, -0.15) is 0 Å². The van der Waals surface area contributed by atoms with Crippen molar-refractivity contribution in [1.82, 2.24) is 15.1 Å². The Kier molecular flexibility index (Phi) is 4.32. The summed E-state index contributed by atoms with van der Waals surface area (Å²) in [5.74, 6) is 0.219. The number of piperazine rings is 2. The minimum Gasteiger partial charge on any atom is -0.478 e. The van der Waals surface area contributed by atoms with Crippen molar-refractivity contribution in [3.8, 4) is 5.75 Å². The van der Waals surface area contributed by atoms with Crippen LogP contribution in [0.1, 0.15) is 31.4 Å². The average molecular weight is 371 g/mol. The maximum Gasteiger partial charge on any atom is 0.266 e. The van der Waals surface area contributed by atoms with Crippen molar-refractivity contribution < 1.29 is 19.1 Å². The first-order valence-electron chi connectivity index (χ1n) is 9.52. The monoisotopic (exact) mass is 371 g/mol. The van der Waals surface area contributed by atoms with Gasteiger partial charge in [0.05, 0.1) is 13.1 Å².